The second-order valence-electron chi connectivity index (χ2n) is 5.63. The zero-order chi connectivity index (χ0) is 18.0. The minimum Gasteiger partial charge on any atom is -0.274 e. The average Bonchev–Trinajstić information content (AvgIpc) is 2.99. The molecule has 6 nitrogen and oxygen atoms in total. The first-order valence-corrected chi connectivity index (χ1v) is 10.9. The number of sulfonamides is 1. The van der Waals surface area contributed by atoms with E-state index in [-0.39, 0.29) is 5.02 Å². The third-order valence-electron chi connectivity index (χ3n) is 3.86. The minimum atomic E-state index is -4.42. The van der Waals surface area contributed by atoms with Crippen LogP contribution in [0, 0.1) is 5.82 Å². The van der Waals surface area contributed by atoms with Crippen LogP contribution in [0.2, 0.25) is 5.02 Å². The van der Waals surface area contributed by atoms with Crippen LogP contribution in [0.1, 0.15) is 32.1 Å². The number of rotatable bonds is 6. The average molecular weight is 398 g/mol. The van der Waals surface area contributed by atoms with Crippen LogP contribution in [-0.4, -0.2) is 33.7 Å². The molecule has 2 rings (SSSR count). The number of benzene rings is 1. The van der Waals surface area contributed by atoms with Gasteiger partial charge in [-0.25, -0.2) is 25.9 Å². The highest BCUT2D eigenvalue weighted by Crippen LogP contribution is 2.25. The van der Waals surface area contributed by atoms with Crippen molar-refractivity contribution in [2.45, 2.75) is 42.2 Å². The van der Waals surface area contributed by atoms with Crippen molar-refractivity contribution in [2.24, 2.45) is 0 Å². The number of carbonyl (C=O) groups is 1. The summed E-state index contributed by atoms with van der Waals surface area (Å²) < 4.78 is 63.4. The lowest BCUT2D eigenvalue weighted by atomic mass is 10.3. The highest BCUT2D eigenvalue weighted by atomic mass is 35.5. The Bertz CT molecular complexity index is 833. The molecule has 1 saturated carbocycles. The number of sulfone groups is 1. The van der Waals surface area contributed by atoms with E-state index in [0.29, 0.717) is 12.8 Å². The van der Waals surface area contributed by atoms with Gasteiger partial charge in [0.05, 0.1) is 11.0 Å². The fraction of sp³-hybridized carbons (Fsp3) is 0.500. The highest BCUT2D eigenvalue weighted by molar-refractivity contribution is 7.92. The molecule has 0 atom stereocenters. The van der Waals surface area contributed by atoms with Gasteiger partial charge in [0, 0.05) is 11.4 Å². The molecule has 0 aromatic heterocycles. The third-order valence-corrected chi connectivity index (χ3v) is 7.76. The molecule has 1 fully saturated rings. The number of amides is 1. The van der Waals surface area contributed by atoms with E-state index in [1.54, 1.807) is 4.72 Å². The Hall–Kier alpha value is -1.19. The summed E-state index contributed by atoms with van der Waals surface area (Å²) in [6.07, 6.45) is 2.31. The fourth-order valence-corrected chi connectivity index (χ4v) is 5.69. The Morgan fingerprint density at radius 3 is 2.42 bits per heavy atom. The van der Waals surface area contributed by atoms with E-state index in [4.69, 9.17) is 11.6 Å². The molecule has 1 aromatic rings. The number of halogens is 2. The van der Waals surface area contributed by atoms with Gasteiger partial charge in [0.15, 0.2) is 9.84 Å². The van der Waals surface area contributed by atoms with Crippen molar-refractivity contribution in [1.29, 1.82) is 0 Å². The summed E-state index contributed by atoms with van der Waals surface area (Å²) in [5, 5.41) is -0.448. The van der Waals surface area contributed by atoms with Crippen molar-refractivity contribution in [3.8, 4) is 0 Å². The summed E-state index contributed by atoms with van der Waals surface area (Å²) in [6.45, 7) is 0. The SMILES string of the molecule is O=C(CCS(=O)(=O)C1CCCC1)NS(=O)(=O)c1ccc(Cl)cc1F. The van der Waals surface area contributed by atoms with E-state index in [2.05, 4.69) is 0 Å². The largest absolute Gasteiger partial charge is 0.274 e. The maximum atomic E-state index is 13.7. The molecule has 0 unspecified atom stereocenters. The van der Waals surface area contributed by atoms with Crippen LogP contribution >= 0.6 is 11.6 Å². The van der Waals surface area contributed by atoms with Crippen molar-refractivity contribution in [1.82, 2.24) is 4.72 Å². The van der Waals surface area contributed by atoms with Crippen LogP contribution in [0.3, 0.4) is 0 Å². The van der Waals surface area contributed by atoms with Crippen LogP contribution in [0.4, 0.5) is 4.39 Å². The van der Waals surface area contributed by atoms with Crippen LogP contribution in [-0.2, 0) is 24.7 Å². The van der Waals surface area contributed by atoms with E-state index in [1.807, 2.05) is 0 Å². The quantitative estimate of drug-likeness (QED) is 0.792. The molecule has 134 valence electrons. The lowest BCUT2D eigenvalue weighted by Crippen LogP contribution is -2.33. The molecule has 1 aliphatic carbocycles. The molecule has 0 spiro atoms. The van der Waals surface area contributed by atoms with Gasteiger partial charge in [-0.15, -0.1) is 0 Å². The van der Waals surface area contributed by atoms with Gasteiger partial charge in [0.25, 0.3) is 10.0 Å². The first-order chi connectivity index (χ1) is 11.1. The van der Waals surface area contributed by atoms with Crippen molar-refractivity contribution >= 4 is 37.4 Å². The standard InChI is InChI=1S/C14H17ClFNO5S2/c15-10-5-6-13(12(16)9-10)24(21,22)17-14(18)7-8-23(19,20)11-3-1-2-4-11/h5-6,9,11H,1-4,7-8H2,(H,17,18). The summed E-state index contributed by atoms with van der Waals surface area (Å²) >= 11 is 5.55. The zero-order valence-electron chi connectivity index (χ0n) is 12.7. The van der Waals surface area contributed by atoms with E-state index >= 15 is 0 Å². The van der Waals surface area contributed by atoms with Gasteiger partial charge in [0.2, 0.25) is 5.91 Å². The normalized spacial score (nSPS) is 16.2. The lowest BCUT2D eigenvalue weighted by molar-refractivity contribution is -0.118. The summed E-state index contributed by atoms with van der Waals surface area (Å²) in [6, 6.07) is 2.92. The molecule has 0 saturated heterocycles. The third kappa shape index (κ3) is 4.67. The summed E-state index contributed by atoms with van der Waals surface area (Å²) in [5.41, 5.74) is 0. The molecule has 0 bridgehead atoms. The van der Waals surface area contributed by atoms with E-state index in [1.165, 1.54) is 6.07 Å². The molecule has 1 aromatic carbocycles. The predicted molar refractivity (Wildman–Crippen MR) is 87.4 cm³/mol. The molecule has 10 heteroatoms. The van der Waals surface area contributed by atoms with Gasteiger partial charge in [-0.05, 0) is 31.0 Å². The fourth-order valence-electron chi connectivity index (χ4n) is 2.60. The van der Waals surface area contributed by atoms with Crippen molar-refractivity contribution in [3.05, 3.63) is 29.0 Å². The molecule has 1 aliphatic rings. The van der Waals surface area contributed by atoms with Crippen molar-refractivity contribution in [2.75, 3.05) is 5.75 Å². The second-order valence-corrected chi connectivity index (χ2v) is 10.1. The van der Waals surface area contributed by atoms with E-state index in [9.17, 15) is 26.0 Å². The van der Waals surface area contributed by atoms with Crippen molar-refractivity contribution < 1.29 is 26.0 Å². The second kappa shape index (κ2) is 7.37. The minimum absolute atomic E-state index is 0.0143. The van der Waals surface area contributed by atoms with Gasteiger partial charge in [-0.1, -0.05) is 24.4 Å². The maximum Gasteiger partial charge on any atom is 0.266 e. The van der Waals surface area contributed by atoms with Gasteiger partial charge in [-0.3, -0.25) is 4.79 Å². The summed E-state index contributed by atoms with van der Waals surface area (Å²) in [4.78, 5) is 11.0. The first kappa shape index (κ1) is 19.1. The summed E-state index contributed by atoms with van der Waals surface area (Å²) in [7, 11) is -7.86. The number of hydrogen-bond donors (Lipinski definition) is 1. The van der Waals surface area contributed by atoms with Gasteiger partial charge < -0.3 is 0 Å². The first-order valence-electron chi connectivity index (χ1n) is 7.34. The Balaban J connectivity index is 2.01. The van der Waals surface area contributed by atoms with Gasteiger partial charge in [-0.2, -0.15) is 0 Å². The Morgan fingerprint density at radius 1 is 1.21 bits per heavy atom. The highest BCUT2D eigenvalue weighted by Gasteiger charge is 2.29. The van der Waals surface area contributed by atoms with Crippen LogP contribution in [0.25, 0.3) is 0 Å². The molecule has 24 heavy (non-hydrogen) atoms. The molecule has 0 heterocycles. The maximum absolute atomic E-state index is 13.7. The molecule has 0 aliphatic heterocycles. The molecular weight excluding hydrogens is 381 g/mol. The summed E-state index contributed by atoms with van der Waals surface area (Å²) in [5.74, 6) is -2.52. The Labute approximate surface area is 145 Å². The number of hydrogen-bond acceptors (Lipinski definition) is 5. The monoisotopic (exact) mass is 397 g/mol. The topological polar surface area (TPSA) is 97.4 Å². The number of carbonyl (C=O) groups excluding carboxylic acids is 1. The van der Waals surface area contributed by atoms with E-state index in [0.717, 1.165) is 25.0 Å². The van der Waals surface area contributed by atoms with Crippen LogP contribution in [0.5, 0.6) is 0 Å². The molecule has 0 radical (unpaired) electrons. The van der Waals surface area contributed by atoms with Crippen LogP contribution in [0.15, 0.2) is 23.1 Å². The van der Waals surface area contributed by atoms with Gasteiger partial charge >= 0.3 is 0 Å². The van der Waals surface area contributed by atoms with Crippen LogP contribution < -0.4 is 4.72 Å². The number of nitrogens with one attached hydrogen (secondary N) is 1. The molecule has 1 amide bonds. The smallest absolute Gasteiger partial charge is 0.266 e. The Morgan fingerprint density at radius 2 is 1.83 bits per heavy atom. The van der Waals surface area contributed by atoms with Gasteiger partial charge in [0.1, 0.15) is 10.7 Å². The lowest BCUT2D eigenvalue weighted by Gasteiger charge is -2.11. The molecule has 1 N–H and O–H groups in total. The zero-order valence-corrected chi connectivity index (χ0v) is 15.1. The molecular formula is C14H17ClFNO5S2. The predicted octanol–water partition coefficient (Wildman–Crippen LogP) is 2.03. The Kier molecular flexibility index (Phi) is 5.87. The van der Waals surface area contributed by atoms with Crippen molar-refractivity contribution in [3.63, 3.8) is 0 Å². The van der Waals surface area contributed by atoms with E-state index < -0.39 is 53.9 Å².